The van der Waals surface area contributed by atoms with Crippen LogP contribution in [0.1, 0.15) is 23.8 Å². The summed E-state index contributed by atoms with van der Waals surface area (Å²) in [6.07, 6.45) is 0.853. The van der Waals surface area contributed by atoms with E-state index >= 15 is 0 Å². The number of amides is 2. The standard InChI is InChI=1S/C23H32N6O5/c1-4-34-19-18(22(30)31)26-20(27-21(19)29-12-14-33-15-13-29)16-6-8-17(9-7-16)25-23(32)24-10-5-11-28(2)3/h6-9H,4-5,10-15H2,1-3H3,(H,30,31)(H2,24,25,32). The zero-order chi connectivity index (χ0) is 24.5. The van der Waals surface area contributed by atoms with Crippen molar-refractivity contribution in [2.75, 3.05) is 70.3 Å². The van der Waals surface area contributed by atoms with Gasteiger partial charge in [-0.3, -0.25) is 0 Å². The second kappa shape index (κ2) is 12.1. The Morgan fingerprint density at radius 1 is 1.18 bits per heavy atom. The lowest BCUT2D eigenvalue weighted by atomic mass is 10.2. The monoisotopic (exact) mass is 472 g/mol. The number of urea groups is 1. The van der Waals surface area contributed by atoms with E-state index in [0.717, 1.165) is 13.0 Å². The molecule has 11 nitrogen and oxygen atoms in total. The highest BCUT2D eigenvalue weighted by atomic mass is 16.5. The van der Waals surface area contributed by atoms with Crippen molar-refractivity contribution in [3.05, 3.63) is 30.0 Å². The third-order valence-electron chi connectivity index (χ3n) is 5.12. The van der Waals surface area contributed by atoms with Gasteiger partial charge in [0.2, 0.25) is 0 Å². The fourth-order valence-corrected chi connectivity index (χ4v) is 3.45. The van der Waals surface area contributed by atoms with E-state index in [4.69, 9.17) is 9.47 Å². The molecule has 184 valence electrons. The normalized spacial score (nSPS) is 13.6. The summed E-state index contributed by atoms with van der Waals surface area (Å²) < 4.78 is 11.1. The number of ether oxygens (including phenoxy) is 2. The van der Waals surface area contributed by atoms with Gasteiger partial charge in [-0.15, -0.1) is 0 Å². The van der Waals surface area contributed by atoms with Crippen molar-refractivity contribution in [1.82, 2.24) is 20.2 Å². The van der Waals surface area contributed by atoms with E-state index in [-0.39, 0.29) is 29.9 Å². The Kier molecular flexibility index (Phi) is 9.00. The molecule has 2 aromatic rings. The summed E-state index contributed by atoms with van der Waals surface area (Å²) in [5.74, 6) is -0.329. The summed E-state index contributed by atoms with van der Waals surface area (Å²) in [4.78, 5) is 37.0. The van der Waals surface area contributed by atoms with E-state index in [1.54, 1.807) is 31.2 Å². The molecule has 3 rings (SSSR count). The van der Waals surface area contributed by atoms with Crippen LogP contribution in [0.15, 0.2) is 24.3 Å². The second-order valence-electron chi connectivity index (χ2n) is 8.00. The number of hydrogen-bond acceptors (Lipinski definition) is 8. The Hall–Kier alpha value is -3.44. The predicted molar refractivity (Wildman–Crippen MR) is 129 cm³/mol. The maximum absolute atomic E-state index is 12.1. The summed E-state index contributed by atoms with van der Waals surface area (Å²) in [7, 11) is 3.97. The molecule has 2 amide bonds. The Labute approximate surface area is 199 Å². The maximum Gasteiger partial charge on any atom is 0.358 e. The van der Waals surface area contributed by atoms with Gasteiger partial charge in [0.15, 0.2) is 23.1 Å². The lowest BCUT2D eigenvalue weighted by Crippen LogP contribution is -2.37. The van der Waals surface area contributed by atoms with Gasteiger partial charge in [0.05, 0.1) is 19.8 Å². The van der Waals surface area contributed by atoms with Crippen LogP contribution in [0.25, 0.3) is 11.4 Å². The number of carboxylic acids is 1. The number of carbonyl (C=O) groups is 2. The Bertz CT molecular complexity index is 977. The van der Waals surface area contributed by atoms with E-state index in [0.29, 0.717) is 49.9 Å². The first-order valence-corrected chi connectivity index (χ1v) is 11.3. The van der Waals surface area contributed by atoms with Crippen LogP contribution < -0.4 is 20.3 Å². The molecule has 1 fully saturated rings. The molecular weight excluding hydrogens is 440 g/mol. The number of aromatic carboxylic acids is 1. The number of anilines is 2. The third-order valence-corrected chi connectivity index (χ3v) is 5.12. The van der Waals surface area contributed by atoms with Crippen molar-refractivity contribution in [2.24, 2.45) is 0 Å². The molecular formula is C23H32N6O5. The van der Waals surface area contributed by atoms with Crippen LogP contribution in [-0.2, 0) is 4.74 Å². The van der Waals surface area contributed by atoms with Crippen LogP contribution >= 0.6 is 0 Å². The van der Waals surface area contributed by atoms with E-state index in [1.807, 2.05) is 19.0 Å². The summed E-state index contributed by atoms with van der Waals surface area (Å²) in [6, 6.07) is 6.65. The molecule has 0 bridgehead atoms. The fourth-order valence-electron chi connectivity index (χ4n) is 3.45. The Balaban J connectivity index is 1.79. The number of morpholine rings is 1. The molecule has 0 aliphatic carbocycles. The number of carboxylic acid groups (broad SMARTS) is 1. The van der Waals surface area contributed by atoms with Gasteiger partial charge in [-0.25, -0.2) is 19.6 Å². The highest BCUT2D eigenvalue weighted by molar-refractivity contribution is 5.92. The number of aromatic nitrogens is 2. The number of nitrogens with one attached hydrogen (secondary N) is 2. The average Bonchev–Trinajstić information content (AvgIpc) is 2.83. The molecule has 0 atom stereocenters. The van der Waals surface area contributed by atoms with Crippen LogP contribution in [0.3, 0.4) is 0 Å². The molecule has 1 aliphatic heterocycles. The second-order valence-corrected chi connectivity index (χ2v) is 8.00. The highest BCUT2D eigenvalue weighted by Gasteiger charge is 2.26. The van der Waals surface area contributed by atoms with E-state index < -0.39 is 5.97 Å². The van der Waals surface area contributed by atoms with Gasteiger partial charge in [-0.2, -0.15) is 0 Å². The number of benzene rings is 1. The summed E-state index contributed by atoms with van der Waals surface area (Å²) in [6.45, 7) is 5.72. The van der Waals surface area contributed by atoms with Crippen LogP contribution in [-0.4, -0.2) is 92.1 Å². The first kappa shape index (κ1) is 25.2. The van der Waals surface area contributed by atoms with Gasteiger partial charge < -0.3 is 35.0 Å². The number of nitrogens with zero attached hydrogens (tertiary/aromatic N) is 4. The molecule has 0 radical (unpaired) electrons. The molecule has 2 heterocycles. The zero-order valence-electron chi connectivity index (χ0n) is 19.8. The van der Waals surface area contributed by atoms with Crippen molar-refractivity contribution >= 4 is 23.5 Å². The smallest absolute Gasteiger partial charge is 0.358 e. The average molecular weight is 473 g/mol. The fraction of sp³-hybridized carbons (Fsp3) is 0.478. The minimum absolute atomic E-state index is 0.157. The SMILES string of the molecule is CCOc1c(C(=O)O)nc(-c2ccc(NC(=O)NCCCN(C)C)cc2)nc1N1CCOCC1. The third kappa shape index (κ3) is 6.78. The predicted octanol–water partition coefficient (Wildman–Crippen LogP) is 2.15. The maximum atomic E-state index is 12.1. The van der Waals surface area contributed by atoms with Crippen molar-refractivity contribution in [1.29, 1.82) is 0 Å². The lowest BCUT2D eigenvalue weighted by Gasteiger charge is -2.29. The van der Waals surface area contributed by atoms with Crippen molar-refractivity contribution < 1.29 is 24.2 Å². The molecule has 1 aromatic heterocycles. The molecule has 1 aliphatic rings. The van der Waals surface area contributed by atoms with Crippen molar-refractivity contribution in [3.63, 3.8) is 0 Å². The van der Waals surface area contributed by atoms with Gasteiger partial charge in [0.1, 0.15) is 0 Å². The number of hydrogen-bond donors (Lipinski definition) is 3. The summed E-state index contributed by atoms with van der Waals surface area (Å²) >= 11 is 0. The first-order valence-electron chi connectivity index (χ1n) is 11.3. The topological polar surface area (TPSA) is 129 Å². The van der Waals surface area contributed by atoms with Gasteiger partial charge in [-0.1, -0.05) is 0 Å². The Morgan fingerprint density at radius 3 is 2.50 bits per heavy atom. The molecule has 0 saturated carbocycles. The van der Waals surface area contributed by atoms with Crippen LogP contribution in [0.4, 0.5) is 16.3 Å². The number of rotatable bonds is 10. The molecule has 0 spiro atoms. The van der Waals surface area contributed by atoms with Gasteiger partial charge in [-0.05, 0) is 58.3 Å². The minimum atomic E-state index is -1.19. The van der Waals surface area contributed by atoms with Crippen molar-refractivity contribution in [3.8, 4) is 17.1 Å². The molecule has 3 N–H and O–H groups in total. The van der Waals surface area contributed by atoms with Crippen molar-refractivity contribution in [2.45, 2.75) is 13.3 Å². The van der Waals surface area contributed by atoms with Crippen LogP contribution in [0.2, 0.25) is 0 Å². The molecule has 1 saturated heterocycles. The minimum Gasteiger partial charge on any atom is -0.488 e. The van der Waals surface area contributed by atoms with E-state index in [1.165, 1.54) is 0 Å². The van der Waals surface area contributed by atoms with Gasteiger partial charge in [0, 0.05) is 30.9 Å². The van der Waals surface area contributed by atoms with E-state index in [2.05, 4.69) is 25.5 Å². The first-order chi connectivity index (χ1) is 16.4. The zero-order valence-corrected chi connectivity index (χ0v) is 19.8. The van der Waals surface area contributed by atoms with Crippen LogP contribution in [0.5, 0.6) is 5.75 Å². The largest absolute Gasteiger partial charge is 0.488 e. The highest BCUT2D eigenvalue weighted by Crippen LogP contribution is 2.33. The Morgan fingerprint density at radius 2 is 1.88 bits per heavy atom. The van der Waals surface area contributed by atoms with E-state index in [9.17, 15) is 14.7 Å². The summed E-state index contributed by atoms with van der Waals surface area (Å²) in [5.41, 5.74) is 1.04. The quantitative estimate of drug-likeness (QED) is 0.445. The molecule has 1 aromatic carbocycles. The van der Waals surface area contributed by atoms with Crippen LogP contribution in [0, 0.1) is 0 Å². The molecule has 34 heavy (non-hydrogen) atoms. The van der Waals surface area contributed by atoms with Gasteiger partial charge >= 0.3 is 12.0 Å². The lowest BCUT2D eigenvalue weighted by molar-refractivity contribution is 0.0685. The number of carbonyl (C=O) groups excluding carboxylic acids is 1. The molecule has 11 heteroatoms. The molecule has 0 unspecified atom stereocenters. The van der Waals surface area contributed by atoms with Gasteiger partial charge in [0.25, 0.3) is 0 Å². The summed E-state index contributed by atoms with van der Waals surface area (Å²) in [5, 5.41) is 15.4.